The number of nitrogens with zero attached hydrogens (tertiary/aromatic N) is 6. The van der Waals surface area contributed by atoms with Crippen LogP contribution in [-0.4, -0.2) is 46.1 Å². The van der Waals surface area contributed by atoms with E-state index in [0.29, 0.717) is 15.2 Å². The number of fused-ring (bicyclic) bond motifs is 1. The topological polar surface area (TPSA) is 104 Å². The molecule has 0 aliphatic heterocycles. The fourth-order valence-corrected chi connectivity index (χ4v) is 3.52. The summed E-state index contributed by atoms with van der Waals surface area (Å²) in [6.07, 6.45) is 1.71. The molecule has 0 atom stereocenters. The van der Waals surface area contributed by atoms with Crippen molar-refractivity contribution in [2.24, 2.45) is 10.2 Å². The number of rotatable bonds is 6. The lowest BCUT2D eigenvalue weighted by molar-refractivity contribution is -0.133. The van der Waals surface area contributed by atoms with Gasteiger partial charge in [-0.25, -0.2) is 0 Å². The minimum Gasteiger partial charge on any atom is -0.481 e. The van der Waals surface area contributed by atoms with Gasteiger partial charge in [-0.15, -0.1) is 20.4 Å². The van der Waals surface area contributed by atoms with Crippen LogP contribution in [0.5, 0.6) is 0 Å². The summed E-state index contributed by atoms with van der Waals surface area (Å²) >= 11 is 2.30. The summed E-state index contributed by atoms with van der Waals surface area (Å²) in [6, 6.07) is 7.69. The van der Waals surface area contributed by atoms with Crippen LogP contribution in [-0.2, 0) is 4.79 Å². The van der Waals surface area contributed by atoms with Crippen molar-refractivity contribution in [2.45, 2.75) is 4.34 Å². The van der Waals surface area contributed by atoms with Gasteiger partial charge in [0.1, 0.15) is 5.69 Å². The first-order chi connectivity index (χ1) is 12.0. The molecular formula is C15H14N6O2S2. The zero-order valence-corrected chi connectivity index (χ0v) is 15.1. The van der Waals surface area contributed by atoms with Crippen molar-refractivity contribution in [3.05, 3.63) is 30.5 Å². The first-order valence-electron chi connectivity index (χ1n) is 7.19. The maximum atomic E-state index is 10.6. The molecule has 0 saturated heterocycles. The van der Waals surface area contributed by atoms with E-state index in [0.717, 1.165) is 28.4 Å². The number of azo groups is 1. The van der Waals surface area contributed by atoms with Gasteiger partial charge >= 0.3 is 5.97 Å². The summed E-state index contributed by atoms with van der Waals surface area (Å²) in [7, 11) is 3.95. The number of carbonyl (C=O) groups is 1. The summed E-state index contributed by atoms with van der Waals surface area (Å²) < 4.78 is 0.544. The number of benzene rings is 1. The van der Waals surface area contributed by atoms with E-state index >= 15 is 0 Å². The number of aliphatic carboxylic acids is 1. The quantitative estimate of drug-likeness (QED) is 0.517. The van der Waals surface area contributed by atoms with Crippen molar-refractivity contribution in [3.63, 3.8) is 0 Å². The number of anilines is 1. The van der Waals surface area contributed by atoms with E-state index in [2.05, 4.69) is 25.4 Å². The zero-order chi connectivity index (χ0) is 17.8. The van der Waals surface area contributed by atoms with Gasteiger partial charge in [0, 0.05) is 31.4 Å². The molecular weight excluding hydrogens is 360 g/mol. The van der Waals surface area contributed by atoms with Gasteiger partial charge in [-0.2, -0.15) is 0 Å². The van der Waals surface area contributed by atoms with Gasteiger partial charge in [-0.05, 0) is 24.3 Å². The predicted octanol–water partition coefficient (Wildman–Crippen LogP) is 3.74. The average Bonchev–Trinajstić information content (AvgIpc) is 3.05. The number of hydrogen-bond donors (Lipinski definition) is 1. The number of pyridine rings is 1. The third-order valence-corrected chi connectivity index (χ3v) is 5.09. The van der Waals surface area contributed by atoms with Crippen molar-refractivity contribution in [2.75, 3.05) is 24.7 Å². The third-order valence-electron chi connectivity index (χ3n) is 3.17. The molecule has 2 heterocycles. The molecule has 0 radical (unpaired) electrons. The SMILES string of the molecule is CN(C)c1ccc(/N=N/c2nnc(SCC(=O)O)s2)c2ncccc12. The fourth-order valence-electron chi connectivity index (χ4n) is 2.13. The lowest BCUT2D eigenvalue weighted by Gasteiger charge is -2.15. The number of carboxylic acids is 1. The molecule has 2 aromatic heterocycles. The monoisotopic (exact) mass is 374 g/mol. The Morgan fingerprint density at radius 2 is 2.12 bits per heavy atom. The molecule has 1 N–H and O–H groups in total. The molecule has 3 rings (SSSR count). The van der Waals surface area contributed by atoms with Gasteiger partial charge in [0.05, 0.1) is 11.3 Å². The van der Waals surface area contributed by atoms with E-state index in [1.807, 2.05) is 43.3 Å². The minimum atomic E-state index is -0.901. The lowest BCUT2D eigenvalue weighted by atomic mass is 10.1. The van der Waals surface area contributed by atoms with Gasteiger partial charge < -0.3 is 10.0 Å². The highest BCUT2D eigenvalue weighted by molar-refractivity contribution is 8.01. The average molecular weight is 374 g/mol. The van der Waals surface area contributed by atoms with Crippen molar-refractivity contribution >= 4 is 56.5 Å². The Labute approximate surface area is 151 Å². The highest BCUT2D eigenvalue weighted by Crippen LogP contribution is 2.33. The van der Waals surface area contributed by atoms with Crippen LogP contribution in [0.15, 0.2) is 45.0 Å². The van der Waals surface area contributed by atoms with E-state index < -0.39 is 5.97 Å². The first-order valence-corrected chi connectivity index (χ1v) is 8.99. The predicted molar refractivity (Wildman–Crippen MR) is 98.5 cm³/mol. The van der Waals surface area contributed by atoms with E-state index in [1.165, 1.54) is 11.3 Å². The Kier molecular flexibility index (Phi) is 5.19. The van der Waals surface area contributed by atoms with Crippen LogP contribution in [0, 0.1) is 0 Å². The first kappa shape index (κ1) is 17.2. The van der Waals surface area contributed by atoms with Crippen LogP contribution in [0.4, 0.5) is 16.5 Å². The highest BCUT2D eigenvalue weighted by Gasteiger charge is 2.09. The number of hydrogen-bond acceptors (Lipinski definition) is 9. The summed E-state index contributed by atoms with van der Waals surface area (Å²) in [5.74, 6) is -0.964. The zero-order valence-electron chi connectivity index (χ0n) is 13.4. The number of carboxylic acid groups (broad SMARTS) is 1. The second kappa shape index (κ2) is 7.53. The van der Waals surface area contributed by atoms with Gasteiger partial charge in [0.25, 0.3) is 5.13 Å². The summed E-state index contributed by atoms with van der Waals surface area (Å²) in [4.78, 5) is 17.0. The van der Waals surface area contributed by atoms with Gasteiger partial charge in [0.15, 0.2) is 4.34 Å². The van der Waals surface area contributed by atoms with Gasteiger partial charge in [-0.1, -0.05) is 23.1 Å². The summed E-state index contributed by atoms with van der Waals surface area (Å²) in [6.45, 7) is 0. The van der Waals surface area contributed by atoms with Crippen molar-refractivity contribution in [3.8, 4) is 0 Å². The molecule has 8 nitrogen and oxygen atoms in total. The molecule has 0 aliphatic carbocycles. The van der Waals surface area contributed by atoms with E-state index in [1.54, 1.807) is 6.20 Å². The van der Waals surface area contributed by atoms with Crippen LogP contribution < -0.4 is 4.90 Å². The Hall–Kier alpha value is -2.59. The van der Waals surface area contributed by atoms with Crippen LogP contribution in [0.25, 0.3) is 10.9 Å². The summed E-state index contributed by atoms with van der Waals surface area (Å²) in [5.41, 5.74) is 2.43. The number of thioether (sulfide) groups is 1. The molecule has 25 heavy (non-hydrogen) atoms. The lowest BCUT2D eigenvalue weighted by Crippen LogP contribution is -2.09. The highest BCUT2D eigenvalue weighted by atomic mass is 32.2. The Morgan fingerprint density at radius 3 is 2.88 bits per heavy atom. The van der Waals surface area contributed by atoms with Crippen LogP contribution in [0.3, 0.4) is 0 Å². The molecule has 0 unspecified atom stereocenters. The molecule has 128 valence electrons. The molecule has 0 bridgehead atoms. The van der Waals surface area contributed by atoms with E-state index in [-0.39, 0.29) is 5.75 Å². The molecule has 0 saturated carbocycles. The molecule has 0 aliphatic rings. The maximum absolute atomic E-state index is 10.6. The Bertz CT molecular complexity index is 941. The van der Waals surface area contributed by atoms with Crippen LogP contribution >= 0.6 is 23.1 Å². The second-order valence-corrected chi connectivity index (χ2v) is 7.31. The van der Waals surface area contributed by atoms with Gasteiger partial charge in [-0.3, -0.25) is 9.78 Å². The Morgan fingerprint density at radius 1 is 1.28 bits per heavy atom. The van der Waals surface area contributed by atoms with Crippen molar-refractivity contribution in [1.29, 1.82) is 0 Å². The van der Waals surface area contributed by atoms with Crippen molar-refractivity contribution < 1.29 is 9.90 Å². The van der Waals surface area contributed by atoms with Crippen molar-refractivity contribution in [1.82, 2.24) is 15.2 Å². The normalized spacial score (nSPS) is 11.3. The molecule has 3 aromatic rings. The van der Waals surface area contributed by atoms with Crippen LogP contribution in [0.1, 0.15) is 0 Å². The molecule has 1 aromatic carbocycles. The summed E-state index contributed by atoms with van der Waals surface area (Å²) in [5, 5.41) is 26.2. The van der Waals surface area contributed by atoms with E-state index in [9.17, 15) is 4.79 Å². The van der Waals surface area contributed by atoms with Crippen LogP contribution in [0.2, 0.25) is 0 Å². The second-order valence-electron chi connectivity index (χ2n) is 5.13. The standard InChI is InChI=1S/C15H14N6O2S2/c1-21(2)11-6-5-10(13-9(11)4-3-7-16-13)17-18-14-19-20-15(25-14)24-8-12(22)23/h3-7H,8H2,1-2H3,(H,22,23)/b18-17+. The fraction of sp³-hybridized carbons (Fsp3) is 0.200. The van der Waals surface area contributed by atoms with E-state index in [4.69, 9.17) is 5.11 Å². The smallest absolute Gasteiger partial charge is 0.313 e. The molecule has 0 fully saturated rings. The molecule has 0 spiro atoms. The minimum absolute atomic E-state index is 0.0632. The number of aromatic nitrogens is 3. The molecule has 0 amide bonds. The third kappa shape index (κ3) is 4.09. The Balaban J connectivity index is 1.87. The molecule has 10 heteroatoms. The largest absolute Gasteiger partial charge is 0.481 e. The van der Waals surface area contributed by atoms with Gasteiger partial charge in [0.2, 0.25) is 0 Å². The maximum Gasteiger partial charge on any atom is 0.313 e.